The first-order valence-electron chi connectivity index (χ1n) is 4.98. The molecule has 0 saturated carbocycles. The lowest BCUT2D eigenvalue weighted by molar-refractivity contribution is 0.0519. The molecule has 1 unspecified atom stereocenters. The number of ether oxygens (including phenoxy) is 1. The molecule has 0 amide bonds. The normalized spacial score (nSPS) is 12.5. The van der Waals surface area contributed by atoms with Gasteiger partial charge in [-0.15, -0.1) is 0 Å². The van der Waals surface area contributed by atoms with Crippen LogP contribution in [-0.4, -0.2) is 18.5 Å². The standard InChI is InChI=1S/C12H15FO2/c1-4-15-9(3)12(14)11-7-10(13)6-5-8(11)2/h5-7,9H,4H2,1-3H3. The molecular formula is C12H15FO2. The zero-order chi connectivity index (χ0) is 11.4. The van der Waals surface area contributed by atoms with E-state index in [2.05, 4.69) is 0 Å². The summed E-state index contributed by atoms with van der Waals surface area (Å²) in [5.74, 6) is -0.568. The summed E-state index contributed by atoms with van der Waals surface area (Å²) in [6.07, 6.45) is -0.518. The van der Waals surface area contributed by atoms with Crippen LogP contribution in [-0.2, 0) is 4.74 Å². The maximum atomic E-state index is 13.0. The molecular weight excluding hydrogens is 195 g/mol. The van der Waals surface area contributed by atoms with Gasteiger partial charge in [0.2, 0.25) is 0 Å². The molecule has 1 atom stereocenters. The van der Waals surface area contributed by atoms with Gasteiger partial charge in [-0.25, -0.2) is 4.39 Å². The molecule has 0 aromatic heterocycles. The summed E-state index contributed by atoms with van der Waals surface area (Å²) in [6, 6.07) is 4.20. The van der Waals surface area contributed by atoms with Crippen molar-refractivity contribution in [3.8, 4) is 0 Å². The average molecular weight is 210 g/mol. The van der Waals surface area contributed by atoms with Crippen molar-refractivity contribution >= 4 is 5.78 Å². The Bertz CT molecular complexity index is 361. The van der Waals surface area contributed by atoms with Gasteiger partial charge >= 0.3 is 0 Å². The van der Waals surface area contributed by atoms with Crippen LogP contribution >= 0.6 is 0 Å². The van der Waals surface area contributed by atoms with Gasteiger partial charge < -0.3 is 4.74 Å². The van der Waals surface area contributed by atoms with E-state index in [9.17, 15) is 9.18 Å². The van der Waals surface area contributed by atoms with E-state index in [4.69, 9.17) is 4.74 Å². The van der Waals surface area contributed by atoms with Crippen LogP contribution in [0.25, 0.3) is 0 Å². The van der Waals surface area contributed by atoms with Crippen LogP contribution < -0.4 is 0 Å². The molecule has 1 aromatic carbocycles. The molecule has 15 heavy (non-hydrogen) atoms. The second-order valence-electron chi connectivity index (χ2n) is 3.42. The fourth-order valence-corrected chi connectivity index (χ4v) is 1.40. The van der Waals surface area contributed by atoms with Crippen molar-refractivity contribution in [2.45, 2.75) is 26.9 Å². The molecule has 0 spiro atoms. The topological polar surface area (TPSA) is 26.3 Å². The Morgan fingerprint density at radius 1 is 1.53 bits per heavy atom. The molecule has 0 aliphatic rings. The molecule has 0 aliphatic heterocycles. The second kappa shape index (κ2) is 5.03. The molecule has 1 rings (SSSR count). The number of hydrogen-bond donors (Lipinski definition) is 0. The smallest absolute Gasteiger partial charge is 0.191 e. The number of aryl methyl sites for hydroxylation is 1. The van der Waals surface area contributed by atoms with Gasteiger partial charge in [0.25, 0.3) is 0 Å². The largest absolute Gasteiger partial charge is 0.371 e. The highest BCUT2D eigenvalue weighted by atomic mass is 19.1. The van der Waals surface area contributed by atoms with E-state index < -0.39 is 11.9 Å². The molecule has 3 heteroatoms. The van der Waals surface area contributed by atoms with Crippen molar-refractivity contribution in [3.63, 3.8) is 0 Å². The zero-order valence-electron chi connectivity index (χ0n) is 9.21. The first-order valence-corrected chi connectivity index (χ1v) is 4.98. The van der Waals surface area contributed by atoms with E-state index in [0.717, 1.165) is 5.56 Å². The summed E-state index contributed by atoms with van der Waals surface area (Å²) in [5, 5.41) is 0. The summed E-state index contributed by atoms with van der Waals surface area (Å²) in [6.45, 7) is 5.75. The minimum absolute atomic E-state index is 0.172. The molecule has 2 nitrogen and oxygen atoms in total. The average Bonchev–Trinajstić information content (AvgIpc) is 2.21. The van der Waals surface area contributed by atoms with E-state index >= 15 is 0 Å². The van der Waals surface area contributed by atoms with E-state index in [1.54, 1.807) is 19.9 Å². The minimum atomic E-state index is -0.518. The lowest BCUT2D eigenvalue weighted by Crippen LogP contribution is -2.21. The van der Waals surface area contributed by atoms with Gasteiger partial charge in [-0.1, -0.05) is 6.07 Å². The Kier molecular flexibility index (Phi) is 3.97. The molecule has 0 bridgehead atoms. The number of carbonyl (C=O) groups is 1. The third-order valence-electron chi connectivity index (χ3n) is 2.25. The van der Waals surface area contributed by atoms with Crippen LogP contribution in [0.15, 0.2) is 18.2 Å². The highest BCUT2D eigenvalue weighted by Crippen LogP contribution is 2.13. The Balaban J connectivity index is 2.95. The number of benzene rings is 1. The molecule has 0 heterocycles. The Morgan fingerprint density at radius 2 is 2.20 bits per heavy atom. The van der Waals surface area contributed by atoms with Crippen LogP contribution in [0.1, 0.15) is 29.8 Å². The van der Waals surface area contributed by atoms with Crippen LogP contribution in [0.4, 0.5) is 4.39 Å². The van der Waals surface area contributed by atoms with E-state index in [-0.39, 0.29) is 5.78 Å². The van der Waals surface area contributed by atoms with Gasteiger partial charge in [-0.05, 0) is 38.5 Å². The fraction of sp³-hybridized carbons (Fsp3) is 0.417. The van der Waals surface area contributed by atoms with Crippen molar-refractivity contribution in [1.29, 1.82) is 0 Å². The number of Topliss-reactive ketones (excluding diaryl/α,β-unsaturated/α-hetero) is 1. The van der Waals surface area contributed by atoms with E-state index in [0.29, 0.717) is 12.2 Å². The Morgan fingerprint density at radius 3 is 2.80 bits per heavy atom. The number of ketones is 1. The second-order valence-corrected chi connectivity index (χ2v) is 3.42. The Labute approximate surface area is 89.1 Å². The number of carbonyl (C=O) groups excluding carboxylic acids is 1. The molecule has 0 fully saturated rings. The predicted molar refractivity (Wildman–Crippen MR) is 56.6 cm³/mol. The fourth-order valence-electron chi connectivity index (χ4n) is 1.40. The number of halogens is 1. The minimum Gasteiger partial charge on any atom is -0.371 e. The van der Waals surface area contributed by atoms with Gasteiger partial charge in [-0.2, -0.15) is 0 Å². The van der Waals surface area contributed by atoms with Gasteiger partial charge in [0, 0.05) is 12.2 Å². The SMILES string of the molecule is CCOC(C)C(=O)c1cc(F)ccc1C. The first-order chi connectivity index (χ1) is 7.06. The van der Waals surface area contributed by atoms with Crippen LogP contribution in [0.2, 0.25) is 0 Å². The van der Waals surface area contributed by atoms with Crippen LogP contribution in [0.3, 0.4) is 0 Å². The lowest BCUT2D eigenvalue weighted by atomic mass is 10.0. The van der Waals surface area contributed by atoms with Gasteiger partial charge in [0.15, 0.2) is 5.78 Å². The maximum absolute atomic E-state index is 13.0. The van der Waals surface area contributed by atoms with Crippen LogP contribution in [0.5, 0.6) is 0 Å². The summed E-state index contributed by atoms with van der Waals surface area (Å²) in [4.78, 5) is 11.8. The predicted octanol–water partition coefficient (Wildman–Crippen LogP) is 2.74. The number of rotatable bonds is 4. The lowest BCUT2D eigenvalue weighted by Gasteiger charge is -2.12. The van der Waals surface area contributed by atoms with Gasteiger partial charge in [-0.3, -0.25) is 4.79 Å². The Hall–Kier alpha value is -1.22. The van der Waals surface area contributed by atoms with Gasteiger partial charge in [0.1, 0.15) is 11.9 Å². The highest BCUT2D eigenvalue weighted by Gasteiger charge is 2.17. The van der Waals surface area contributed by atoms with Crippen molar-refractivity contribution in [1.82, 2.24) is 0 Å². The monoisotopic (exact) mass is 210 g/mol. The third-order valence-corrected chi connectivity index (χ3v) is 2.25. The maximum Gasteiger partial charge on any atom is 0.191 e. The molecule has 0 saturated heterocycles. The van der Waals surface area contributed by atoms with Crippen molar-refractivity contribution < 1.29 is 13.9 Å². The van der Waals surface area contributed by atoms with Crippen molar-refractivity contribution in [2.24, 2.45) is 0 Å². The third kappa shape index (κ3) is 2.86. The van der Waals surface area contributed by atoms with E-state index in [1.807, 2.05) is 6.92 Å². The number of hydrogen-bond acceptors (Lipinski definition) is 2. The van der Waals surface area contributed by atoms with Crippen molar-refractivity contribution in [2.75, 3.05) is 6.61 Å². The summed E-state index contributed by atoms with van der Waals surface area (Å²) < 4.78 is 18.1. The molecule has 0 N–H and O–H groups in total. The van der Waals surface area contributed by atoms with Crippen LogP contribution in [0, 0.1) is 12.7 Å². The molecule has 1 aromatic rings. The summed E-state index contributed by atoms with van der Waals surface area (Å²) >= 11 is 0. The highest BCUT2D eigenvalue weighted by molar-refractivity contribution is 6.00. The quantitative estimate of drug-likeness (QED) is 0.714. The molecule has 0 aliphatic carbocycles. The first kappa shape index (κ1) is 11.9. The van der Waals surface area contributed by atoms with Crippen molar-refractivity contribution in [3.05, 3.63) is 35.1 Å². The molecule has 82 valence electrons. The molecule has 0 radical (unpaired) electrons. The van der Waals surface area contributed by atoms with E-state index in [1.165, 1.54) is 12.1 Å². The van der Waals surface area contributed by atoms with Gasteiger partial charge in [0.05, 0.1) is 0 Å². The summed E-state index contributed by atoms with van der Waals surface area (Å²) in [7, 11) is 0. The zero-order valence-corrected chi connectivity index (χ0v) is 9.21. The summed E-state index contributed by atoms with van der Waals surface area (Å²) in [5.41, 5.74) is 1.17.